The highest BCUT2D eigenvalue weighted by Crippen LogP contribution is 2.19. The van der Waals surface area contributed by atoms with E-state index in [2.05, 4.69) is 22.3 Å². The largest absolute Gasteiger partial charge is 0.383 e. The average molecular weight is 254 g/mol. The fourth-order valence-electron chi connectivity index (χ4n) is 2.10. The Morgan fingerprint density at radius 1 is 1.56 bits per heavy atom. The Bertz CT molecular complexity index is 356. The van der Waals surface area contributed by atoms with Gasteiger partial charge in [0.15, 0.2) is 5.82 Å². The fraction of sp³-hybridized carbons (Fsp3) is 0.833. The topological polar surface area (TPSA) is 61.2 Å². The highest BCUT2D eigenvalue weighted by atomic mass is 16.5. The van der Waals surface area contributed by atoms with E-state index in [1.54, 1.807) is 13.4 Å². The van der Waals surface area contributed by atoms with Crippen LogP contribution in [-0.2, 0) is 22.6 Å². The Labute approximate surface area is 108 Å². The maximum atomic E-state index is 5.77. The molecule has 2 rings (SSSR count). The van der Waals surface area contributed by atoms with E-state index < -0.39 is 0 Å². The normalized spacial score (nSPS) is 23.7. The van der Waals surface area contributed by atoms with Crippen LogP contribution in [0.15, 0.2) is 6.33 Å². The summed E-state index contributed by atoms with van der Waals surface area (Å²) >= 11 is 0. The Kier molecular flexibility index (Phi) is 5.10. The van der Waals surface area contributed by atoms with Crippen LogP contribution in [0.25, 0.3) is 0 Å². The molecule has 18 heavy (non-hydrogen) atoms. The number of hydrogen-bond acceptors (Lipinski definition) is 5. The van der Waals surface area contributed by atoms with Crippen molar-refractivity contribution in [1.29, 1.82) is 0 Å². The van der Waals surface area contributed by atoms with Gasteiger partial charge in [-0.25, -0.2) is 4.98 Å². The van der Waals surface area contributed by atoms with Gasteiger partial charge in [-0.15, -0.1) is 0 Å². The van der Waals surface area contributed by atoms with Crippen LogP contribution in [0.1, 0.15) is 25.6 Å². The van der Waals surface area contributed by atoms with Gasteiger partial charge in [0.2, 0.25) is 0 Å². The summed E-state index contributed by atoms with van der Waals surface area (Å²) in [6.07, 6.45) is 4.71. The minimum Gasteiger partial charge on any atom is -0.383 e. The van der Waals surface area contributed by atoms with Gasteiger partial charge in [0.05, 0.1) is 31.9 Å². The van der Waals surface area contributed by atoms with Crippen LogP contribution < -0.4 is 5.32 Å². The van der Waals surface area contributed by atoms with E-state index in [0.717, 1.165) is 31.8 Å². The third-order valence-corrected chi connectivity index (χ3v) is 3.06. The molecule has 0 saturated carbocycles. The van der Waals surface area contributed by atoms with Crippen molar-refractivity contribution in [3.05, 3.63) is 12.2 Å². The molecule has 1 aliphatic rings. The molecular weight excluding hydrogens is 232 g/mol. The van der Waals surface area contributed by atoms with E-state index in [9.17, 15) is 0 Å². The first-order valence-corrected chi connectivity index (χ1v) is 6.51. The fourth-order valence-corrected chi connectivity index (χ4v) is 2.10. The zero-order valence-electron chi connectivity index (χ0n) is 11.1. The Balaban J connectivity index is 1.72. The van der Waals surface area contributed by atoms with E-state index in [0.29, 0.717) is 19.3 Å². The van der Waals surface area contributed by atoms with E-state index in [1.165, 1.54) is 0 Å². The summed E-state index contributed by atoms with van der Waals surface area (Å²) in [4.78, 5) is 4.27. The number of nitrogens with zero attached hydrogens (tertiary/aromatic N) is 3. The van der Waals surface area contributed by atoms with Gasteiger partial charge in [-0.1, -0.05) is 0 Å². The summed E-state index contributed by atoms with van der Waals surface area (Å²) in [6, 6.07) is 0. The summed E-state index contributed by atoms with van der Waals surface area (Å²) in [7, 11) is 1.69. The molecule has 1 aromatic heterocycles. The van der Waals surface area contributed by atoms with Crippen LogP contribution in [0.5, 0.6) is 0 Å². The van der Waals surface area contributed by atoms with Crippen molar-refractivity contribution in [2.75, 3.05) is 20.3 Å². The van der Waals surface area contributed by atoms with E-state index >= 15 is 0 Å². The number of rotatable bonds is 7. The summed E-state index contributed by atoms with van der Waals surface area (Å²) < 4.78 is 12.6. The van der Waals surface area contributed by atoms with Crippen LogP contribution in [0.4, 0.5) is 0 Å². The first-order chi connectivity index (χ1) is 8.78. The molecule has 2 atom stereocenters. The third-order valence-electron chi connectivity index (χ3n) is 3.06. The summed E-state index contributed by atoms with van der Waals surface area (Å²) in [5.74, 6) is 0.817. The van der Waals surface area contributed by atoms with Gasteiger partial charge in [-0.05, 0) is 19.8 Å². The molecule has 1 fully saturated rings. The van der Waals surface area contributed by atoms with Crippen LogP contribution in [0.3, 0.4) is 0 Å². The van der Waals surface area contributed by atoms with Gasteiger partial charge in [0, 0.05) is 13.7 Å². The second-order valence-corrected chi connectivity index (χ2v) is 4.70. The molecule has 1 N–H and O–H groups in total. The second-order valence-electron chi connectivity index (χ2n) is 4.70. The number of aromatic nitrogens is 3. The minimum absolute atomic E-state index is 0.288. The van der Waals surface area contributed by atoms with Gasteiger partial charge < -0.3 is 14.8 Å². The molecule has 0 spiro atoms. The smallest absolute Gasteiger partial charge is 0.164 e. The van der Waals surface area contributed by atoms with E-state index in [1.807, 2.05) is 4.68 Å². The summed E-state index contributed by atoms with van der Waals surface area (Å²) in [6.45, 7) is 5.11. The average Bonchev–Trinajstić information content (AvgIpc) is 2.95. The second kappa shape index (κ2) is 6.82. The van der Waals surface area contributed by atoms with Gasteiger partial charge in [-0.3, -0.25) is 4.68 Å². The first-order valence-electron chi connectivity index (χ1n) is 6.51. The van der Waals surface area contributed by atoms with E-state index in [-0.39, 0.29) is 6.10 Å². The molecule has 0 radical (unpaired) electrons. The maximum Gasteiger partial charge on any atom is 0.164 e. The quantitative estimate of drug-likeness (QED) is 0.721. The molecule has 102 valence electrons. The lowest BCUT2D eigenvalue weighted by atomic mass is 10.2. The molecule has 2 heterocycles. The monoisotopic (exact) mass is 254 g/mol. The van der Waals surface area contributed by atoms with Crippen LogP contribution in [0.2, 0.25) is 0 Å². The first kappa shape index (κ1) is 13.5. The molecule has 0 aliphatic carbocycles. The molecule has 0 aromatic carbocycles. The van der Waals surface area contributed by atoms with Crippen molar-refractivity contribution in [1.82, 2.24) is 20.1 Å². The van der Waals surface area contributed by atoms with Gasteiger partial charge in [-0.2, -0.15) is 5.10 Å². The number of methoxy groups -OCH3 is 1. The summed E-state index contributed by atoms with van der Waals surface area (Å²) in [5, 5.41) is 7.64. The molecule has 1 saturated heterocycles. The van der Waals surface area contributed by atoms with Gasteiger partial charge in [0.1, 0.15) is 6.33 Å². The highest BCUT2D eigenvalue weighted by molar-refractivity contribution is 4.82. The van der Waals surface area contributed by atoms with Crippen molar-refractivity contribution in [2.45, 2.75) is 45.1 Å². The standard InChI is InChI=1S/C12H22N4O2/c1-10-3-4-11(18-10)8-16-9-14-12(15-16)7-13-5-6-17-2/h9-11,13H,3-8H2,1-2H3. The van der Waals surface area contributed by atoms with Gasteiger partial charge in [0.25, 0.3) is 0 Å². The lowest BCUT2D eigenvalue weighted by molar-refractivity contribution is 0.0436. The summed E-state index contributed by atoms with van der Waals surface area (Å²) in [5.41, 5.74) is 0. The number of nitrogens with one attached hydrogen (secondary N) is 1. The molecule has 6 nitrogen and oxygen atoms in total. The van der Waals surface area contributed by atoms with Crippen molar-refractivity contribution < 1.29 is 9.47 Å². The zero-order chi connectivity index (χ0) is 12.8. The molecule has 1 aromatic rings. The van der Waals surface area contributed by atoms with Crippen LogP contribution in [0, 0.1) is 0 Å². The van der Waals surface area contributed by atoms with Crippen molar-refractivity contribution in [2.24, 2.45) is 0 Å². The molecular formula is C12H22N4O2. The van der Waals surface area contributed by atoms with Crippen LogP contribution in [-0.4, -0.2) is 47.2 Å². The lowest BCUT2D eigenvalue weighted by Gasteiger charge is -2.10. The van der Waals surface area contributed by atoms with Crippen LogP contribution >= 0.6 is 0 Å². The van der Waals surface area contributed by atoms with Crippen molar-refractivity contribution in [3.8, 4) is 0 Å². The molecule has 2 unspecified atom stereocenters. The van der Waals surface area contributed by atoms with Crippen molar-refractivity contribution >= 4 is 0 Å². The maximum absolute atomic E-state index is 5.77. The lowest BCUT2D eigenvalue weighted by Crippen LogP contribution is -2.20. The Hall–Kier alpha value is -0.980. The molecule has 0 amide bonds. The zero-order valence-corrected chi connectivity index (χ0v) is 11.1. The predicted molar refractivity (Wildman–Crippen MR) is 67.2 cm³/mol. The SMILES string of the molecule is COCCNCc1ncn(CC2CCC(C)O2)n1. The number of ether oxygens (including phenoxy) is 2. The number of hydrogen-bond donors (Lipinski definition) is 1. The highest BCUT2D eigenvalue weighted by Gasteiger charge is 2.22. The van der Waals surface area contributed by atoms with E-state index in [4.69, 9.17) is 9.47 Å². The van der Waals surface area contributed by atoms with Gasteiger partial charge >= 0.3 is 0 Å². The Morgan fingerprint density at radius 3 is 3.17 bits per heavy atom. The molecule has 0 bridgehead atoms. The molecule has 1 aliphatic heterocycles. The van der Waals surface area contributed by atoms with Crippen molar-refractivity contribution in [3.63, 3.8) is 0 Å². The molecule has 6 heteroatoms. The predicted octanol–water partition coefficient (Wildman–Crippen LogP) is 0.582. The minimum atomic E-state index is 0.288. The Morgan fingerprint density at radius 2 is 2.44 bits per heavy atom. The third kappa shape index (κ3) is 4.04.